The number of aromatic nitrogens is 4. The van der Waals surface area contributed by atoms with Crippen LogP contribution in [0.3, 0.4) is 0 Å². The lowest BCUT2D eigenvalue weighted by molar-refractivity contribution is 0.402. The van der Waals surface area contributed by atoms with Crippen LogP contribution in [-0.4, -0.2) is 27.0 Å². The molecule has 1 aliphatic rings. The van der Waals surface area contributed by atoms with Gasteiger partial charge in [0.05, 0.1) is 18.0 Å². The molecule has 5 rings (SSSR count). The van der Waals surface area contributed by atoms with Gasteiger partial charge in [-0.2, -0.15) is 0 Å². The van der Waals surface area contributed by atoms with E-state index >= 15 is 0 Å². The van der Waals surface area contributed by atoms with Gasteiger partial charge in [0.15, 0.2) is 0 Å². The van der Waals surface area contributed by atoms with Crippen molar-refractivity contribution in [1.29, 1.82) is 0 Å². The van der Waals surface area contributed by atoms with Crippen LogP contribution in [0.25, 0.3) is 33.1 Å². The van der Waals surface area contributed by atoms with E-state index < -0.39 is 0 Å². The van der Waals surface area contributed by atoms with E-state index in [1.54, 1.807) is 7.11 Å². The molecule has 0 unspecified atom stereocenters. The van der Waals surface area contributed by atoms with E-state index in [1.807, 2.05) is 12.3 Å². The Morgan fingerprint density at radius 2 is 2.00 bits per heavy atom. The number of hydrogen-bond acceptors (Lipinski definition) is 4. The van der Waals surface area contributed by atoms with Gasteiger partial charge < -0.3 is 9.72 Å². The largest absolute Gasteiger partial charge is 0.480 e. The lowest BCUT2D eigenvalue weighted by Gasteiger charge is -2.06. The molecule has 0 atom stereocenters. The van der Waals surface area contributed by atoms with E-state index in [1.165, 1.54) is 24.9 Å². The number of nitrogens with zero attached hydrogens (tertiary/aromatic N) is 3. The van der Waals surface area contributed by atoms with Crippen molar-refractivity contribution in [3.8, 4) is 17.0 Å². The number of hydrogen-bond donors (Lipinski definition) is 1. The van der Waals surface area contributed by atoms with E-state index in [4.69, 9.17) is 9.72 Å². The summed E-state index contributed by atoms with van der Waals surface area (Å²) in [7, 11) is 1.63. The molecule has 5 nitrogen and oxygen atoms in total. The standard InChI is InChI=1S/C19H16N4O/c1-24-19-14-8-12(4-6-17(14)21-10-22-19)15-9-20-18-13(15)5-7-16(23-18)11-2-3-11/h4-11H,2-3H2,1H3,(H,20,23). The fraction of sp³-hybridized carbons (Fsp3) is 0.211. The highest BCUT2D eigenvalue weighted by molar-refractivity contribution is 5.97. The monoisotopic (exact) mass is 316 g/mol. The molecule has 1 aromatic carbocycles. The Labute approximate surface area is 138 Å². The van der Waals surface area contributed by atoms with Crippen molar-refractivity contribution in [2.24, 2.45) is 0 Å². The number of ether oxygens (including phenoxy) is 1. The lowest BCUT2D eigenvalue weighted by Crippen LogP contribution is -1.91. The first-order chi connectivity index (χ1) is 11.8. The van der Waals surface area contributed by atoms with Crippen LogP contribution in [0.5, 0.6) is 5.88 Å². The molecule has 0 spiro atoms. The normalized spacial score (nSPS) is 14.4. The number of rotatable bonds is 3. The minimum Gasteiger partial charge on any atom is -0.480 e. The summed E-state index contributed by atoms with van der Waals surface area (Å²) in [5, 5.41) is 2.05. The summed E-state index contributed by atoms with van der Waals surface area (Å²) in [5.41, 5.74) is 5.25. The minimum absolute atomic E-state index is 0.593. The molecule has 0 radical (unpaired) electrons. The van der Waals surface area contributed by atoms with E-state index in [0.29, 0.717) is 11.8 Å². The smallest absolute Gasteiger partial charge is 0.224 e. The molecule has 3 heterocycles. The van der Waals surface area contributed by atoms with Crippen molar-refractivity contribution in [3.63, 3.8) is 0 Å². The molecular formula is C19H16N4O. The molecule has 24 heavy (non-hydrogen) atoms. The van der Waals surface area contributed by atoms with Gasteiger partial charge in [-0.3, -0.25) is 0 Å². The summed E-state index contributed by atoms with van der Waals surface area (Å²) in [6.07, 6.45) is 6.06. The second kappa shape index (κ2) is 5.03. The highest BCUT2D eigenvalue weighted by Gasteiger charge is 2.25. The molecule has 0 amide bonds. The van der Waals surface area contributed by atoms with E-state index in [9.17, 15) is 0 Å². The van der Waals surface area contributed by atoms with Crippen molar-refractivity contribution in [2.75, 3.05) is 7.11 Å². The number of nitrogens with one attached hydrogen (secondary N) is 1. The topological polar surface area (TPSA) is 63.7 Å². The van der Waals surface area contributed by atoms with Crippen LogP contribution in [0.1, 0.15) is 24.5 Å². The third kappa shape index (κ3) is 2.05. The van der Waals surface area contributed by atoms with Gasteiger partial charge >= 0.3 is 0 Å². The zero-order valence-electron chi connectivity index (χ0n) is 13.3. The Balaban J connectivity index is 1.67. The zero-order chi connectivity index (χ0) is 16.1. The molecule has 0 aliphatic heterocycles. The van der Waals surface area contributed by atoms with Gasteiger partial charge in [-0.05, 0) is 42.7 Å². The van der Waals surface area contributed by atoms with Crippen molar-refractivity contribution >= 4 is 21.9 Å². The summed E-state index contributed by atoms with van der Waals surface area (Å²) in [5.74, 6) is 1.25. The van der Waals surface area contributed by atoms with Gasteiger partial charge in [-0.1, -0.05) is 6.07 Å². The second-order valence-corrected chi connectivity index (χ2v) is 6.22. The summed E-state index contributed by atoms with van der Waals surface area (Å²) < 4.78 is 5.37. The lowest BCUT2D eigenvalue weighted by atomic mass is 10.0. The first kappa shape index (κ1) is 13.5. The van der Waals surface area contributed by atoms with E-state index in [0.717, 1.165) is 33.1 Å². The number of pyridine rings is 1. The molecule has 5 heteroatoms. The van der Waals surface area contributed by atoms with E-state index in [2.05, 4.69) is 39.2 Å². The van der Waals surface area contributed by atoms with Crippen LogP contribution in [0, 0.1) is 0 Å². The van der Waals surface area contributed by atoms with Crippen LogP contribution < -0.4 is 4.74 Å². The second-order valence-electron chi connectivity index (χ2n) is 6.22. The van der Waals surface area contributed by atoms with Gasteiger partial charge in [0.2, 0.25) is 5.88 Å². The van der Waals surface area contributed by atoms with Gasteiger partial charge in [-0.15, -0.1) is 0 Å². The molecule has 1 N–H and O–H groups in total. The summed E-state index contributed by atoms with van der Waals surface area (Å²) in [6, 6.07) is 10.5. The number of aromatic amines is 1. The molecular weight excluding hydrogens is 300 g/mol. The maximum atomic E-state index is 5.37. The SMILES string of the molecule is COc1ncnc2ccc(-c3c[nH]c4nc(C5CC5)ccc34)cc12. The summed E-state index contributed by atoms with van der Waals surface area (Å²) in [6.45, 7) is 0. The first-order valence-electron chi connectivity index (χ1n) is 8.10. The third-order valence-corrected chi connectivity index (χ3v) is 4.66. The maximum absolute atomic E-state index is 5.37. The number of H-pyrrole nitrogens is 1. The highest BCUT2D eigenvalue weighted by atomic mass is 16.5. The van der Waals surface area contributed by atoms with Crippen molar-refractivity contribution in [1.82, 2.24) is 19.9 Å². The molecule has 1 fully saturated rings. The number of benzene rings is 1. The van der Waals surface area contributed by atoms with Crippen LogP contribution in [0.4, 0.5) is 0 Å². The van der Waals surface area contributed by atoms with Crippen molar-refractivity contribution in [2.45, 2.75) is 18.8 Å². The Morgan fingerprint density at radius 3 is 2.83 bits per heavy atom. The zero-order valence-corrected chi connectivity index (χ0v) is 13.3. The molecule has 0 saturated heterocycles. The Hall–Kier alpha value is -2.95. The van der Waals surface area contributed by atoms with Crippen molar-refractivity contribution in [3.05, 3.63) is 48.5 Å². The van der Waals surface area contributed by atoms with Gasteiger partial charge in [0, 0.05) is 28.8 Å². The predicted octanol–water partition coefficient (Wildman–Crippen LogP) is 4.06. The average Bonchev–Trinajstić information content (AvgIpc) is 3.40. The Bertz CT molecular complexity index is 1070. The third-order valence-electron chi connectivity index (χ3n) is 4.66. The minimum atomic E-state index is 0.593. The van der Waals surface area contributed by atoms with Crippen LogP contribution in [0.2, 0.25) is 0 Å². The first-order valence-corrected chi connectivity index (χ1v) is 8.10. The Morgan fingerprint density at radius 1 is 1.08 bits per heavy atom. The molecule has 4 aromatic rings. The molecule has 0 bridgehead atoms. The van der Waals surface area contributed by atoms with Crippen LogP contribution >= 0.6 is 0 Å². The Kier molecular flexibility index (Phi) is 2.82. The summed E-state index contributed by atoms with van der Waals surface area (Å²) in [4.78, 5) is 16.6. The molecule has 1 saturated carbocycles. The maximum Gasteiger partial charge on any atom is 0.224 e. The molecule has 1 aliphatic carbocycles. The van der Waals surface area contributed by atoms with E-state index in [-0.39, 0.29) is 0 Å². The molecule has 118 valence electrons. The summed E-state index contributed by atoms with van der Waals surface area (Å²) >= 11 is 0. The van der Waals surface area contributed by atoms with Crippen LogP contribution in [-0.2, 0) is 0 Å². The number of methoxy groups -OCH3 is 1. The fourth-order valence-electron chi connectivity index (χ4n) is 3.23. The van der Waals surface area contributed by atoms with Crippen LogP contribution in [0.15, 0.2) is 42.9 Å². The van der Waals surface area contributed by atoms with Gasteiger partial charge in [0.25, 0.3) is 0 Å². The number of fused-ring (bicyclic) bond motifs is 2. The fourth-order valence-corrected chi connectivity index (χ4v) is 3.23. The van der Waals surface area contributed by atoms with Crippen molar-refractivity contribution < 1.29 is 4.74 Å². The highest BCUT2D eigenvalue weighted by Crippen LogP contribution is 2.40. The van der Waals surface area contributed by atoms with Gasteiger partial charge in [-0.25, -0.2) is 15.0 Å². The van der Waals surface area contributed by atoms with Gasteiger partial charge in [0.1, 0.15) is 12.0 Å². The predicted molar refractivity (Wildman–Crippen MR) is 93.2 cm³/mol. The average molecular weight is 316 g/mol. The quantitative estimate of drug-likeness (QED) is 0.619. The molecule has 3 aromatic heterocycles.